The van der Waals surface area contributed by atoms with Gasteiger partial charge in [0.25, 0.3) is 0 Å². The lowest BCUT2D eigenvalue weighted by Gasteiger charge is -2.18. The zero-order valence-electron chi connectivity index (χ0n) is 10.2. The van der Waals surface area contributed by atoms with E-state index in [1.807, 2.05) is 13.8 Å². The smallest absolute Gasteiger partial charge is 0.141 e. The van der Waals surface area contributed by atoms with E-state index in [0.29, 0.717) is 0 Å². The molecule has 0 aliphatic heterocycles. The SMILES string of the molecule is Cc1noc(C)c1C=CCNC(C)(C)C. The second kappa shape index (κ2) is 4.62. The highest BCUT2D eigenvalue weighted by molar-refractivity contribution is 5.53. The molecule has 1 aromatic rings. The first-order valence-corrected chi connectivity index (χ1v) is 5.24. The maximum atomic E-state index is 5.07. The number of hydrogen-bond donors (Lipinski definition) is 1. The molecule has 0 unspecified atom stereocenters. The van der Waals surface area contributed by atoms with E-state index < -0.39 is 0 Å². The maximum absolute atomic E-state index is 5.07. The second-order valence-electron chi connectivity index (χ2n) is 4.77. The van der Waals surface area contributed by atoms with E-state index >= 15 is 0 Å². The van der Waals surface area contributed by atoms with Gasteiger partial charge in [-0.15, -0.1) is 0 Å². The summed E-state index contributed by atoms with van der Waals surface area (Å²) in [6, 6.07) is 0. The molecule has 3 heteroatoms. The first-order chi connectivity index (χ1) is 6.90. The fraction of sp³-hybridized carbons (Fsp3) is 0.583. The molecule has 0 amide bonds. The number of aryl methyl sites for hydroxylation is 2. The average molecular weight is 208 g/mol. The molecule has 0 aliphatic carbocycles. The van der Waals surface area contributed by atoms with Crippen LogP contribution >= 0.6 is 0 Å². The van der Waals surface area contributed by atoms with Crippen molar-refractivity contribution < 1.29 is 4.52 Å². The first kappa shape index (κ1) is 12.0. The standard InChI is InChI=1S/C12H20N2O/c1-9-11(10(2)15-14-9)7-6-8-13-12(3,4)5/h6-7,13H,8H2,1-5H3. The third-order valence-electron chi connectivity index (χ3n) is 2.12. The van der Waals surface area contributed by atoms with Crippen molar-refractivity contribution >= 4 is 6.08 Å². The number of hydrogen-bond acceptors (Lipinski definition) is 3. The minimum absolute atomic E-state index is 0.156. The quantitative estimate of drug-likeness (QED) is 0.830. The fourth-order valence-electron chi connectivity index (χ4n) is 1.27. The Kier molecular flexibility index (Phi) is 3.69. The van der Waals surface area contributed by atoms with E-state index in [1.165, 1.54) is 0 Å². The summed E-state index contributed by atoms with van der Waals surface area (Å²) in [7, 11) is 0. The van der Waals surface area contributed by atoms with Gasteiger partial charge < -0.3 is 9.84 Å². The third-order valence-corrected chi connectivity index (χ3v) is 2.12. The Hall–Kier alpha value is -1.09. The molecule has 0 atom stereocenters. The lowest BCUT2D eigenvalue weighted by atomic mass is 10.1. The third kappa shape index (κ3) is 3.88. The van der Waals surface area contributed by atoms with Crippen LogP contribution in [0.5, 0.6) is 0 Å². The van der Waals surface area contributed by atoms with Crippen LogP contribution < -0.4 is 5.32 Å². The summed E-state index contributed by atoms with van der Waals surface area (Å²) in [5, 5.41) is 7.28. The van der Waals surface area contributed by atoms with Gasteiger partial charge in [-0.05, 0) is 34.6 Å². The monoisotopic (exact) mass is 208 g/mol. The first-order valence-electron chi connectivity index (χ1n) is 5.24. The lowest BCUT2D eigenvalue weighted by Crippen LogP contribution is -2.35. The topological polar surface area (TPSA) is 38.1 Å². The van der Waals surface area contributed by atoms with Crippen LogP contribution in [-0.2, 0) is 0 Å². The van der Waals surface area contributed by atoms with Gasteiger partial charge in [0.1, 0.15) is 5.76 Å². The van der Waals surface area contributed by atoms with Gasteiger partial charge in [-0.3, -0.25) is 0 Å². The van der Waals surface area contributed by atoms with Gasteiger partial charge in [0, 0.05) is 17.6 Å². The number of nitrogens with zero attached hydrogens (tertiary/aromatic N) is 1. The van der Waals surface area contributed by atoms with Crippen molar-refractivity contribution in [3.8, 4) is 0 Å². The Balaban J connectivity index is 2.52. The molecule has 0 radical (unpaired) electrons. The zero-order valence-corrected chi connectivity index (χ0v) is 10.2. The normalized spacial score (nSPS) is 12.6. The Bertz CT molecular complexity index is 325. The van der Waals surface area contributed by atoms with Crippen LogP contribution in [-0.4, -0.2) is 17.2 Å². The molecule has 1 aromatic heterocycles. The molecule has 0 saturated carbocycles. The van der Waals surface area contributed by atoms with Crippen molar-refractivity contribution in [2.75, 3.05) is 6.54 Å². The highest BCUT2D eigenvalue weighted by Gasteiger charge is 2.07. The molecule has 1 N–H and O–H groups in total. The van der Waals surface area contributed by atoms with E-state index in [0.717, 1.165) is 23.6 Å². The lowest BCUT2D eigenvalue weighted by molar-refractivity contribution is 0.393. The van der Waals surface area contributed by atoms with E-state index in [9.17, 15) is 0 Å². The van der Waals surface area contributed by atoms with Crippen LogP contribution in [0.25, 0.3) is 6.08 Å². The molecular formula is C12H20N2O. The predicted octanol–water partition coefficient (Wildman–Crippen LogP) is 2.69. The molecule has 15 heavy (non-hydrogen) atoms. The van der Waals surface area contributed by atoms with Crippen LogP contribution in [0.4, 0.5) is 0 Å². The predicted molar refractivity (Wildman–Crippen MR) is 62.8 cm³/mol. The molecule has 0 fully saturated rings. The van der Waals surface area contributed by atoms with Gasteiger partial charge in [-0.25, -0.2) is 0 Å². The van der Waals surface area contributed by atoms with Crippen molar-refractivity contribution in [2.24, 2.45) is 0 Å². The van der Waals surface area contributed by atoms with E-state index in [1.54, 1.807) is 0 Å². The van der Waals surface area contributed by atoms with Gasteiger partial charge in [-0.2, -0.15) is 0 Å². The maximum Gasteiger partial charge on any atom is 0.141 e. The summed E-state index contributed by atoms with van der Waals surface area (Å²) in [5.41, 5.74) is 2.19. The highest BCUT2D eigenvalue weighted by atomic mass is 16.5. The Morgan fingerprint density at radius 3 is 2.47 bits per heavy atom. The van der Waals surface area contributed by atoms with Crippen molar-refractivity contribution in [2.45, 2.75) is 40.2 Å². The molecule has 1 rings (SSSR count). The van der Waals surface area contributed by atoms with E-state index in [2.05, 4.69) is 43.4 Å². The van der Waals surface area contributed by atoms with Crippen molar-refractivity contribution in [3.63, 3.8) is 0 Å². The summed E-state index contributed by atoms with van der Waals surface area (Å²) < 4.78 is 5.07. The van der Waals surface area contributed by atoms with E-state index in [4.69, 9.17) is 4.52 Å². The molecule has 0 spiro atoms. The van der Waals surface area contributed by atoms with E-state index in [-0.39, 0.29) is 5.54 Å². The summed E-state index contributed by atoms with van der Waals surface area (Å²) in [6.07, 6.45) is 4.15. The van der Waals surface area contributed by atoms with Crippen LogP contribution in [0.1, 0.15) is 37.8 Å². The Morgan fingerprint density at radius 2 is 2.00 bits per heavy atom. The van der Waals surface area contributed by atoms with Crippen molar-refractivity contribution in [1.82, 2.24) is 10.5 Å². The van der Waals surface area contributed by atoms with Crippen LogP contribution in [0.2, 0.25) is 0 Å². The van der Waals surface area contributed by atoms with Gasteiger partial charge in [0.15, 0.2) is 0 Å². The summed E-state index contributed by atoms with van der Waals surface area (Å²) in [6.45, 7) is 11.2. The minimum atomic E-state index is 0.156. The van der Waals surface area contributed by atoms with Crippen molar-refractivity contribution in [1.29, 1.82) is 0 Å². The van der Waals surface area contributed by atoms with Crippen LogP contribution in [0.15, 0.2) is 10.6 Å². The molecule has 0 aromatic carbocycles. The summed E-state index contributed by atoms with van der Waals surface area (Å²) >= 11 is 0. The largest absolute Gasteiger partial charge is 0.361 e. The van der Waals surface area contributed by atoms with Crippen LogP contribution in [0, 0.1) is 13.8 Å². The zero-order chi connectivity index (χ0) is 11.5. The average Bonchev–Trinajstić information content (AvgIpc) is 2.40. The Morgan fingerprint density at radius 1 is 1.33 bits per heavy atom. The summed E-state index contributed by atoms with van der Waals surface area (Å²) in [5.74, 6) is 0.875. The fourth-order valence-corrected chi connectivity index (χ4v) is 1.27. The number of rotatable bonds is 3. The molecular weight excluding hydrogens is 188 g/mol. The van der Waals surface area contributed by atoms with Gasteiger partial charge in [0.05, 0.1) is 5.69 Å². The second-order valence-corrected chi connectivity index (χ2v) is 4.77. The molecule has 0 saturated heterocycles. The van der Waals surface area contributed by atoms with Crippen LogP contribution in [0.3, 0.4) is 0 Å². The van der Waals surface area contributed by atoms with Crippen molar-refractivity contribution in [3.05, 3.63) is 23.1 Å². The molecule has 84 valence electrons. The van der Waals surface area contributed by atoms with Gasteiger partial charge in [-0.1, -0.05) is 17.3 Å². The highest BCUT2D eigenvalue weighted by Crippen LogP contribution is 2.13. The van der Waals surface area contributed by atoms with Gasteiger partial charge in [0.2, 0.25) is 0 Å². The molecule has 3 nitrogen and oxygen atoms in total. The number of aromatic nitrogens is 1. The minimum Gasteiger partial charge on any atom is -0.361 e. The molecule has 0 aliphatic rings. The Labute approximate surface area is 91.5 Å². The molecule has 0 bridgehead atoms. The van der Waals surface area contributed by atoms with Gasteiger partial charge >= 0.3 is 0 Å². The summed E-state index contributed by atoms with van der Waals surface area (Å²) in [4.78, 5) is 0. The number of nitrogens with one attached hydrogen (secondary N) is 1. The molecule has 1 heterocycles.